The van der Waals surface area contributed by atoms with Crippen LogP contribution in [0.3, 0.4) is 0 Å². The topological polar surface area (TPSA) is 72.2 Å². The minimum atomic E-state index is -0.341. The van der Waals surface area contributed by atoms with Crippen LogP contribution in [0, 0.1) is 12.7 Å². The first kappa shape index (κ1) is 16.4. The number of carbonyl (C=O) groups excluding carboxylic acids is 1. The number of hydrogen-bond donors (Lipinski definition) is 1. The number of benzene rings is 1. The van der Waals surface area contributed by atoms with Crippen molar-refractivity contribution in [1.29, 1.82) is 0 Å². The SMILES string of the molecule is Cc1ccnc2nc(C(=O)NCCSCc3ccccc3F)nn12. The van der Waals surface area contributed by atoms with Crippen molar-refractivity contribution in [3.8, 4) is 0 Å². The van der Waals surface area contributed by atoms with Crippen LogP contribution in [0.25, 0.3) is 5.78 Å². The molecule has 2 aromatic heterocycles. The number of rotatable bonds is 6. The van der Waals surface area contributed by atoms with Gasteiger partial charge in [0, 0.05) is 29.9 Å². The van der Waals surface area contributed by atoms with Crippen LogP contribution in [-0.4, -0.2) is 37.8 Å². The van der Waals surface area contributed by atoms with E-state index in [4.69, 9.17) is 0 Å². The van der Waals surface area contributed by atoms with Gasteiger partial charge >= 0.3 is 0 Å². The van der Waals surface area contributed by atoms with Crippen molar-refractivity contribution in [2.75, 3.05) is 12.3 Å². The summed E-state index contributed by atoms with van der Waals surface area (Å²) in [6.45, 7) is 2.32. The third-order valence-corrected chi connectivity index (χ3v) is 4.39. The second-order valence-corrected chi connectivity index (χ2v) is 6.24. The maximum Gasteiger partial charge on any atom is 0.291 e. The molecular weight excluding hydrogens is 329 g/mol. The average molecular weight is 345 g/mol. The van der Waals surface area contributed by atoms with E-state index >= 15 is 0 Å². The van der Waals surface area contributed by atoms with Gasteiger partial charge < -0.3 is 5.32 Å². The standard InChI is InChI=1S/C16H16FN5OS/c1-11-6-7-19-16-20-14(21-22(11)16)15(23)18-8-9-24-10-12-4-2-3-5-13(12)17/h2-7H,8-10H2,1H3,(H,18,23). The molecular formula is C16H16FN5OS. The highest BCUT2D eigenvalue weighted by Crippen LogP contribution is 2.14. The average Bonchev–Trinajstić information content (AvgIpc) is 3.02. The first-order chi connectivity index (χ1) is 11.6. The van der Waals surface area contributed by atoms with Gasteiger partial charge in [0.2, 0.25) is 5.82 Å². The Kier molecular flexibility index (Phi) is 5.05. The Labute approximate surface area is 142 Å². The molecule has 0 aliphatic carbocycles. The smallest absolute Gasteiger partial charge is 0.291 e. The Morgan fingerprint density at radius 3 is 2.96 bits per heavy atom. The number of carbonyl (C=O) groups is 1. The quantitative estimate of drug-likeness (QED) is 0.694. The maximum atomic E-state index is 13.5. The molecule has 0 aliphatic heterocycles. The third kappa shape index (κ3) is 3.70. The van der Waals surface area contributed by atoms with Crippen molar-refractivity contribution in [2.45, 2.75) is 12.7 Å². The molecule has 0 radical (unpaired) electrons. The van der Waals surface area contributed by atoms with Gasteiger partial charge in [0.05, 0.1) is 0 Å². The summed E-state index contributed by atoms with van der Waals surface area (Å²) < 4.78 is 15.0. The fourth-order valence-electron chi connectivity index (χ4n) is 2.12. The number of thioether (sulfide) groups is 1. The van der Waals surface area contributed by atoms with Crippen molar-refractivity contribution in [3.05, 3.63) is 59.4 Å². The van der Waals surface area contributed by atoms with E-state index in [1.54, 1.807) is 36.2 Å². The first-order valence-corrected chi connectivity index (χ1v) is 8.58. The summed E-state index contributed by atoms with van der Waals surface area (Å²) >= 11 is 1.55. The van der Waals surface area contributed by atoms with Crippen LogP contribution < -0.4 is 5.32 Å². The normalized spacial score (nSPS) is 10.9. The van der Waals surface area contributed by atoms with Gasteiger partial charge in [0.1, 0.15) is 5.82 Å². The van der Waals surface area contributed by atoms with Gasteiger partial charge in [-0.2, -0.15) is 16.7 Å². The highest BCUT2D eigenvalue weighted by atomic mass is 32.2. The van der Waals surface area contributed by atoms with Crippen LogP contribution in [0.4, 0.5) is 4.39 Å². The van der Waals surface area contributed by atoms with E-state index in [1.165, 1.54) is 10.6 Å². The van der Waals surface area contributed by atoms with Crippen LogP contribution in [0.5, 0.6) is 0 Å². The lowest BCUT2D eigenvalue weighted by Gasteiger charge is -2.04. The molecule has 0 atom stereocenters. The van der Waals surface area contributed by atoms with Gasteiger partial charge in [-0.3, -0.25) is 4.79 Å². The minimum Gasteiger partial charge on any atom is -0.348 e. The van der Waals surface area contributed by atoms with Gasteiger partial charge in [-0.15, -0.1) is 5.10 Å². The summed E-state index contributed by atoms with van der Waals surface area (Å²) in [6.07, 6.45) is 1.63. The molecule has 1 N–H and O–H groups in total. The molecule has 0 spiro atoms. The summed E-state index contributed by atoms with van der Waals surface area (Å²) in [6, 6.07) is 8.48. The predicted molar refractivity (Wildman–Crippen MR) is 90.4 cm³/mol. The molecule has 0 unspecified atom stereocenters. The largest absolute Gasteiger partial charge is 0.348 e. The molecule has 8 heteroatoms. The zero-order valence-corrected chi connectivity index (χ0v) is 13.9. The van der Waals surface area contributed by atoms with E-state index in [0.29, 0.717) is 29.4 Å². The molecule has 3 aromatic rings. The third-order valence-electron chi connectivity index (χ3n) is 3.38. The molecule has 0 saturated carbocycles. The summed E-state index contributed by atoms with van der Waals surface area (Å²) in [5, 5.41) is 6.91. The molecule has 6 nitrogen and oxygen atoms in total. The summed E-state index contributed by atoms with van der Waals surface area (Å²) in [5.74, 6) is 1.19. The molecule has 2 heterocycles. The van der Waals surface area contributed by atoms with Gasteiger partial charge in [0.15, 0.2) is 0 Å². The number of fused-ring (bicyclic) bond motifs is 1. The fraction of sp³-hybridized carbons (Fsp3) is 0.250. The lowest BCUT2D eigenvalue weighted by Crippen LogP contribution is -2.26. The summed E-state index contributed by atoms with van der Waals surface area (Å²) in [4.78, 5) is 20.2. The summed E-state index contributed by atoms with van der Waals surface area (Å²) in [7, 11) is 0. The van der Waals surface area contributed by atoms with Crippen molar-refractivity contribution in [1.82, 2.24) is 24.9 Å². The van der Waals surface area contributed by atoms with Crippen molar-refractivity contribution in [2.24, 2.45) is 0 Å². The lowest BCUT2D eigenvalue weighted by molar-refractivity contribution is 0.0946. The van der Waals surface area contributed by atoms with Crippen molar-refractivity contribution in [3.63, 3.8) is 0 Å². The molecule has 0 bridgehead atoms. The lowest BCUT2D eigenvalue weighted by atomic mass is 10.2. The maximum absolute atomic E-state index is 13.5. The van der Waals surface area contributed by atoms with E-state index in [0.717, 1.165) is 5.69 Å². The number of aryl methyl sites for hydroxylation is 1. The Hall–Kier alpha value is -2.48. The second kappa shape index (κ2) is 7.39. The fourth-order valence-corrected chi connectivity index (χ4v) is 2.96. The van der Waals surface area contributed by atoms with E-state index < -0.39 is 0 Å². The number of hydrogen-bond acceptors (Lipinski definition) is 5. The van der Waals surface area contributed by atoms with Gasteiger partial charge in [-0.1, -0.05) is 18.2 Å². The van der Waals surface area contributed by atoms with Crippen molar-refractivity contribution < 1.29 is 9.18 Å². The number of nitrogens with one attached hydrogen (secondary N) is 1. The number of amides is 1. The van der Waals surface area contributed by atoms with Crippen LogP contribution in [-0.2, 0) is 5.75 Å². The van der Waals surface area contributed by atoms with Gasteiger partial charge in [-0.05, 0) is 24.6 Å². The Morgan fingerprint density at radius 1 is 1.33 bits per heavy atom. The van der Waals surface area contributed by atoms with Gasteiger partial charge in [0.25, 0.3) is 11.7 Å². The zero-order chi connectivity index (χ0) is 16.9. The van der Waals surface area contributed by atoms with Crippen molar-refractivity contribution >= 4 is 23.4 Å². The predicted octanol–water partition coefficient (Wildman–Crippen LogP) is 2.24. The first-order valence-electron chi connectivity index (χ1n) is 7.43. The Balaban J connectivity index is 1.48. The van der Waals surface area contributed by atoms with Crippen LogP contribution in [0.15, 0.2) is 36.5 Å². The van der Waals surface area contributed by atoms with E-state index in [1.807, 2.05) is 13.0 Å². The molecule has 0 fully saturated rings. The van der Waals surface area contributed by atoms with Crippen LogP contribution in [0.2, 0.25) is 0 Å². The van der Waals surface area contributed by atoms with Crippen LogP contribution >= 0.6 is 11.8 Å². The number of nitrogens with zero attached hydrogens (tertiary/aromatic N) is 4. The molecule has 0 saturated heterocycles. The van der Waals surface area contributed by atoms with Crippen LogP contribution in [0.1, 0.15) is 21.9 Å². The number of halogens is 1. The number of aromatic nitrogens is 4. The second-order valence-electron chi connectivity index (χ2n) is 5.13. The molecule has 0 aliphatic rings. The minimum absolute atomic E-state index is 0.0934. The Morgan fingerprint density at radius 2 is 2.17 bits per heavy atom. The molecule has 1 aromatic carbocycles. The molecule has 1 amide bonds. The van der Waals surface area contributed by atoms with E-state index in [-0.39, 0.29) is 17.5 Å². The highest BCUT2D eigenvalue weighted by Gasteiger charge is 2.13. The van der Waals surface area contributed by atoms with E-state index in [9.17, 15) is 9.18 Å². The highest BCUT2D eigenvalue weighted by molar-refractivity contribution is 7.98. The monoisotopic (exact) mass is 345 g/mol. The summed E-state index contributed by atoms with van der Waals surface area (Å²) in [5.41, 5.74) is 1.52. The molecule has 3 rings (SSSR count). The zero-order valence-electron chi connectivity index (χ0n) is 13.1. The Bertz CT molecular complexity index is 867. The molecule has 24 heavy (non-hydrogen) atoms. The van der Waals surface area contributed by atoms with Gasteiger partial charge in [-0.25, -0.2) is 13.9 Å². The molecule has 124 valence electrons. The van der Waals surface area contributed by atoms with E-state index in [2.05, 4.69) is 20.4 Å².